The fraction of sp³-hybridized carbons (Fsp3) is 0.500. The van der Waals surface area contributed by atoms with Crippen LogP contribution in [0.15, 0.2) is 24.3 Å². The first-order valence-corrected chi connectivity index (χ1v) is 6.61. The summed E-state index contributed by atoms with van der Waals surface area (Å²) in [7, 11) is 2.25. The average molecular weight is 250 g/mol. The van der Waals surface area contributed by atoms with Gasteiger partial charge in [-0.15, -0.1) is 0 Å². The molecule has 1 heterocycles. The van der Waals surface area contributed by atoms with Crippen molar-refractivity contribution in [3.05, 3.63) is 29.8 Å². The summed E-state index contributed by atoms with van der Waals surface area (Å²) in [6.07, 6.45) is 0.848. The van der Waals surface area contributed by atoms with Gasteiger partial charge in [0.15, 0.2) is 0 Å². The number of piperazine rings is 1. The first-order valence-electron chi connectivity index (χ1n) is 6.61. The summed E-state index contributed by atoms with van der Waals surface area (Å²) in [5, 5.41) is 0. The van der Waals surface area contributed by atoms with E-state index in [1.54, 1.807) is 21.9 Å². The predicted molar refractivity (Wildman–Crippen MR) is 69.5 cm³/mol. The van der Waals surface area contributed by atoms with Gasteiger partial charge in [-0.3, -0.25) is 4.79 Å². The fourth-order valence-electron chi connectivity index (χ4n) is 2.24. The van der Waals surface area contributed by atoms with Gasteiger partial charge in [-0.2, -0.15) is 0 Å². The van der Waals surface area contributed by atoms with Gasteiger partial charge in [-0.05, 0) is 24.3 Å². The molecule has 0 amide bonds. The number of likely N-dealkylation sites (N-methyl/N-ethyl adjacent to an activating group) is 1. The monoisotopic (exact) mass is 250 g/mol. The van der Waals surface area contributed by atoms with Crippen LogP contribution in [0.3, 0.4) is 0 Å². The van der Waals surface area contributed by atoms with Crippen molar-refractivity contribution >= 4 is 6.29 Å². The third-order valence-corrected chi connectivity index (χ3v) is 3.55. The minimum atomic E-state index is 0.690. The summed E-state index contributed by atoms with van der Waals surface area (Å²) in [5.41, 5.74) is 0.690. The zero-order valence-corrected chi connectivity index (χ0v) is 10.9. The second-order valence-electron chi connectivity index (χ2n) is 4.99. The summed E-state index contributed by atoms with van der Waals surface area (Å²) in [5.74, 6) is 0.847. The Balaban J connectivity index is 1.69. The molecule has 2 rings (SSSR count). The van der Waals surface area contributed by atoms with E-state index in [2.05, 4.69) is 7.05 Å². The lowest BCUT2D eigenvalue weighted by Crippen LogP contribution is -3.27. The van der Waals surface area contributed by atoms with E-state index >= 15 is 0 Å². The van der Waals surface area contributed by atoms with Crippen molar-refractivity contribution in [1.82, 2.24) is 0 Å². The molecule has 0 unspecified atom stereocenters. The Kier molecular flexibility index (Phi) is 4.73. The van der Waals surface area contributed by atoms with Gasteiger partial charge in [0.2, 0.25) is 0 Å². The Hall–Kier alpha value is -1.39. The van der Waals surface area contributed by atoms with Gasteiger partial charge < -0.3 is 14.5 Å². The first kappa shape index (κ1) is 13.1. The van der Waals surface area contributed by atoms with Crippen LogP contribution < -0.4 is 14.5 Å². The van der Waals surface area contributed by atoms with Crippen molar-refractivity contribution in [3.63, 3.8) is 0 Å². The molecular formula is C14H22N2O2+2. The highest BCUT2D eigenvalue weighted by Crippen LogP contribution is 2.10. The molecule has 1 aliphatic heterocycles. The van der Waals surface area contributed by atoms with Crippen molar-refractivity contribution in [2.24, 2.45) is 0 Å². The molecule has 1 fully saturated rings. The average Bonchev–Trinajstić information content (AvgIpc) is 2.42. The standard InChI is InChI=1S/C14H20N2O2/c1-15-6-8-16(9-7-15)10-11-18-14-4-2-13(12-17)3-5-14/h2-5,12H,6-11H2,1H3/p+2. The summed E-state index contributed by atoms with van der Waals surface area (Å²) < 4.78 is 5.69. The lowest BCUT2D eigenvalue weighted by atomic mass is 10.2. The zero-order chi connectivity index (χ0) is 12.8. The van der Waals surface area contributed by atoms with Gasteiger partial charge in [-0.25, -0.2) is 0 Å². The highest BCUT2D eigenvalue weighted by Gasteiger charge is 2.19. The van der Waals surface area contributed by atoms with Crippen LogP contribution in [-0.2, 0) is 0 Å². The van der Waals surface area contributed by atoms with Crippen molar-refractivity contribution in [2.75, 3.05) is 46.4 Å². The summed E-state index contributed by atoms with van der Waals surface area (Å²) >= 11 is 0. The third kappa shape index (κ3) is 3.82. The molecule has 0 aliphatic carbocycles. The number of benzene rings is 1. The molecule has 0 bridgehead atoms. The number of rotatable bonds is 5. The van der Waals surface area contributed by atoms with Crippen molar-refractivity contribution in [3.8, 4) is 5.75 Å². The summed E-state index contributed by atoms with van der Waals surface area (Å²) in [6.45, 7) is 6.78. The predicted octanol–water partition coefficient (Wildman–Crippen LogP) is -1.71. The maximum absolute atomic E-state index is 10.5. The molecule has 0 atom stereocenters. The number of quaternary nitrogens is 2. The fourth-order valence-corrected chi connectivity index (χ4v) is 2.24. The van der Waals surface area contributed by atoms with E-state index in [4.69, 9.17) is 4.74 Å². The van der Waals surface area contributed by atoms with E-state index < -0.39 is 0 Å². The van der Waals surface area contributed by atoms with Gasteiger partial charge in [0.1, 0.15) is 51.4 Å². The molecule has 4 heteroatoms. The number of nitrogens with one attached hydrogen (secondary N) is 2. The van der Waals surface area contributed by atoms with Gasteiger partial charge in [0.25, 0.3) is 0 Å². The Morgan fingerprint density at radius 2 is 1.83 bits per heavy atom. The van der Waals surface area contributed by atoms with E-state index in [0.717, 1.165) is 25.2 Å². The topological polar surface area (TPSA) is 35.2 Å². The van der Waals surface area contributed by atoms with Crippen LogP contribution in [0.4, 0.5) is 0 Å². The smallest absolute Gasteiger partial charge is 0.150 e. The van der Waals surface area contributed by atoms with E-state index in [0.29, 0.717) is 5.56 Å². The molecule has 1 aromatic carbocycles. The van der Waals surface area contributed by atoms with E-state index in [-0.39, 0.29) is 0 Å². The van der Waals surface area contributed by atoms with Crippen molar-refractivity contribution < 1.29 is 19.3 Å². The van der Waals surface area contributed by atoms with Crippen LogP contribution in [0.5, 0.6) is 5.75 Å². The van der Waals surface area contributed by atoms with Crippen LogP contribution in [0, 0.1) is 0 Å². The van der Waals surface area contributed by atoms with Gasteiger partial charge in [0, 0.05) is 5.56 Å². The van der Waals surface area contributed by atoms with Crippen LogP contribution in [-0.4, -0.2) is 52.7 Å². The number of carbonyl (C=O) groups is 1. The Labute approximate surface area is 108 Å². The van der Waals surface area contributed by atoms with E-state index in [1.165, 1.54) is 26.2 Å². The van der Waals surface area contributed by atoms with E-state index in [9.17, 15) is 4.79 Å². The van der Waals surface area contributed by atoms with Crippen LogP contribution in [0.25, 0.3) is 0 Å². The summed E-state index contributed by atoms with van der Waals surface area (Å²) in [6, 6.07) is 7.28. The zero-order valence-electron chi connectivity index (χ0n) is 10.9. The molecule has 18 heavy (non-hydrogen) atoms. The molecule has 2 N–H and O–H groups in total. The summed E-state index contributed by atoms with van der Waals surface area (Å²) in [4.78, 5) is 13.8. The SMILES string of the molecule is C[NH+]1CC[NH+](CCOc2ccc(C=O)cc2)CC1. The Morgan fingerprint density at radius 1 is 1.17 bits per heavy atom. The molecule has 4 nitrogen and oxygen atoms in total. The molecule has 0 aromatic heterocycles. The van der Waals surface area contributed by atoms with Crippen molar-refractivity contribution in [2.45, 2.75) is 0 Å². The number of ether oxygens (including phenoxy) is 1. The lowest BCUT2D eigenvalue weighted by Gasteiger charge is -2.27. The highest BCUT2D eigenvalue weighted by molar-refractivity contribution is 5.74. The third-order valence-electron chi connectivity index (χ3n) is 3.55. The molecule has 1 aromatic rings. The van der Waals surface area contributed by atoms with Gasteiger partial charge in [0.05, 0.1) is 7.05 Å². The molecular weight excluding hydrogens is 228 g/mol. The van der Waals surface area contributed by atoms with Crippen LogP contribution >= 0.6 is 0 Å². The minimum Gasteiger partial charge on any atom is -0.488 e. The minimum absolute atomic E-state index is 0.690. The normalized spacial score (nSPS) is 23.6. The second kappa shape index (κ2) is 6.52. The molecule has 1 saturated heterocycles. The first-order chi connectivity index (χ1) is 8.78. The second-order valence-corrected chi connectivity index (χ2v) is 4.99. The van der Waals surface area contributed by atoms with Crippen LogP contribution in [0.2, 0.25) is 0 Å². The number of hydrogen-bond acceptors (Lipinski definition) is 2. The number of aldehydes is 1. The van der Waals surface area contributed by atoms with Crippen molar-refractivity contribution in [1.29, 1.82) is 0 Å². The largest absolute Gasteiger partial charge is 0.488 e. The molecule has 0 spiro atoms. The molecule has 1 aliphatic rings. The Bertz CT molecular complexity index is 370. The van der Waals surface area contributed by atoms with E-state index in [1.807, 2.05) is 12.1 Å². The lowest BCUT2D eigenvalue weighted by molar-refractivity contribution is -1.00. The van der Waals surface area contributed by atoms with Crippen LogP contribution in [0.1, 0.15) is 10.4 Å². The Morgan fingerprint density at radius 3 is 2.44 bits per heavy atom. The molecule has 98 valence electrons. The molecule has 0 saturated carbocycles. The van der Waals surface area contributed by atoms with Gasteiger partial charge >= 0.3 is 0 Å². The number of carbonyl (C=O) groups excluding carboxylic acids is 1. The van der Waals surface area contributed by atoms with Gasteiger partial charge in [-0.1, -0.05) is 0 Å². The molecule has 0 radical (unpaired) electrons. The maximum Gasteiger partial charge on any atom is 0.150 e. The number of hydrogen-bond donors (Lipinski definition) is 2. The highest BCUT2D eigenvalue weighted by atomic mass is 16.5. The quantitative estimate of drug-likeness (QED) is 0.611. The maximum atomic E-state index is 10.5.